The van der Waals surface area contributed by atoms with Gasteiger partial charge in [-0.05, 0) is 30.3 Å². The van der Waals surface area contributed by atoms with Gasteiger partial charge in [-0.2, -0.15) is 0 Å². The second kappa shape index (κ2) is 5.09. The standard InChI is InChI=1S/C13H7F4NO/c14-8-2-4-10(16)12(6-8)18-13(19)7-1-3-9(15)11(17)5-7/h1-6H,(H,18,19). The van der Waals surface area contributed by atoms with E-state index in [1.165, 1.54) is 0 Å². The largest absolute Gasteiger partial charge is 0.319 e. The van der Waals surface area contributed by atoms with Crippen molar-refractivity contribution in [3.8, 4) is 0 Å². The van der Waals surface area contributed by atoms with Crippen LogP contribution in [0.5, 0.6) is 0 Å². The molecule has 0 fully saturated rings. The molecule has 2 aromatic carbocycles. The van der Waals surface area contributed by atoms with E-state index in [4.69, 9.17) is 0 Å². The number of amides is 1. The van der Waals surface area contributed by atoms with Gasteiger partial charge < -0.3 is 5.32 Å². The molecule has 0 unspecified atom stereocenters. The molecule has 0 aromatic heterocycles. The molecule has 19 heavy (non-hydrogen) atoms. The van der Waals surface area contributed by atoms with Gasteiger partial charge in [0.25, 0.3) is 5.91 Å². The van der Waals surface area contributed by atoms with Crippen molar-refractivity contribution in [3.63, 3.8) is 0 Å². The molecule has 0 atom stereocenters. The van der Waals surface area contributed by atoms with Gasteiger partial charge in [-0.1, -0.05) is 0 Å². The number of hydrogen-bond acceptors (Lipinski definition) is 1. The summed E-state index contributed by atoms with van der Waals surface area (Å²) in [6.07, 6.45) is 0. The van der Waals surface area contributed by atoms with Gasteiger partial charge in [-0.25, -0.2) is 17.6 Å². The van der Waals surface area contributed by atoms with E-state index < -0.39 is 29.2 Å². The van der Waals surface area contributed by atoms with Gasteiger partial charge in [-0.15, -0.1) is 0 Å². The summed E-state index contributed by atoms with van der Waals surface area (Å²) in [5, 5.41) is 2.07. The summed E-state index contributed by atoms with van der Waals surface area (Å²) in [7, 11) is 0. The maximum Gasteiger partial charge on any atom is 0.255 e. The highest BCUT2D eigenvalue weighted by Crippen LogP contribution is 2.17. The fourth-order valence-electron chi connectivity index (χ4n) is 1.43. The number of anilines is 1. The first-order valence-corrected chi connectivity index (χ1v) is 5.19. The molecule has 6 heteroatoms. The maximum atomic E-state index is 13.3. The number of rotatable bonds is 2. The molecule has 2 nitrogen and oxygen atoms in total. The smallest absolute Gasteiger partial charge is 0.255 e. The predicted molar refractivity (Wildman–Crippen MR) is 60.7 cm³/mol. The molecule has 1 amide bonds. The summed E-state index contributed by atoms with van der Waals surface area (Å²) < 4.78 is 51.8. The summed E-state index contributed by atoms with van der Waals surface area (Å²) >= 11 is 0. The highest BCUT2D eigenvalue weighted by Gasteiger charge is 2.12. The van der Waals surface area contributed by atoms with Crippen LogP contribution in [0.4, 0.5) is 23.2 Å². The molecule has 0 heterocycles. The van der Waals surface area contributed by atoms with Gasteiger partial charge in [-0.3, -0.25) is 4.79 Å². The van der Waals surface area contributed by atoms with E-state index in [2.05, 4.69) is 5.32 Å². The number of nitrogens with one attached hydrogen (secondary N) is 1. The summed E-state index contributed by atoms with van der Waals surface area (Å²) in [5.74, 6) is -4.75. The van der Waals surface area contributed by atoms with Crippen LogP contribution in [0.3, 0.4) is 0 Å². The van der Waals surface area contributed by atoms with Crippen LogP contribution in [0.15, 0.2) is 36.4 Å². The second-order valence-electron chi connectivity index (χ2n) is 3.71. The summed E-state index contributed by atoms with van der Waals surface area (Å²) in [6.45, 7) is 0. The Labute approximate surface area is 105 Å². The Balaban J connectivity index is 2.25. The molecule has 0 bridgehead atoms. The van der Waals surface area contributed by atoms with Crippen molar-refractivity contribution in [2.45, 2.75) is 0 Å². The molecule has 0 aliphatic heterocycles. The lowest BCUT2D eigenvalue weighted by Gasteiger charge is -2.06. The Morgan fingerprint density at radius 2 is 1.53 bits per heavy atom. The third-order valence-electron chi connectivity index (χ3n) is 2.36. The lowest BCUT2D eigenvalue weighted by molar-refractivity contribution is 0.102. The molecular weight excluding hydrogens is 262 g/mol. The Morgan fingerprint density at radius 1 is 0.842 bits per heavy atom. The molecular formula is C13H7F4NO. The summed E-state index contributed by atoms with van der Waals surface area (Å²) in [5.41, 5.74) is -0.586. The number of halogens is 4. The van der Waals surface area contributed by atoms with Crippen LogP contribution in [0.25, 0.3) is 0 Å². The zero-order valence-corrected chi connectivity index (χ0v) is 9.38. The Bertz CT molecular complexity index is 643. The quantitative estimate of drug-likeness (QED) is 0.831. The molecule has 0 aliphatic carbocycles. The van der Waals surface area contributed by atoms with E-state index in [-0.39, 0.29) is 11.3 Å². The van der Waals surface area contributed by atoms with Crippen LogP contribution in [0.2, 0.25) is 0 Å². The van der Waals surface area contributed by atoms with E-state index in [1.807, 2.05) is 0 Å². The average Bonchev–Trinajstić information content (AvgIpc) is 2.37. The maximum absolute atomic E-state index is 13.3. The first-order valence-electron chi connectivity index (χ1n) is 5.19. The normalized spacial score (nSPS) is 10.3. The van der Waals surface area contributed by atoms with Crippen molar-refractivity contribution in [1.29, 1.82) is 0 Å². The van der Waals surface area contributed by atoms with Crippen molar-refractivity contribution < 1.29 is 22.4 Å². The minimum Gasteiger partial charge on any atom is -0.319 e. The van der Waals surface area contributed by atoms with Gasteiger partial charge in [0.05, 0.1) is 5.69 Å². The Kier molecular flexibility index (Phi) is 3.50. The van der Waals surface area contributed by atoms with Crippen molar-refractivity contribution in [2.24, 2.45) is 0 Å². The lowest BCUT2D eigenvalue weighted by Crippen LogP contribution is -2.13. The van der Waals surface area contributed by atoms with Crippen LogP contribution < -0.4 is 5.32 Å². The van der Waals surface area contributed by atoms with Crippen molar-refractivity contribution in [1.82, 2.24) is 0 Å². The first-order chi connectivity index (χ1) is 8.97. The van der Waals surface area contributed by atoms with Crippen molar-refractivity contribution in [2.75, 3.05) is 5.32 Å². The van der Waals surface area contributed by atoms with E-state index in [1.54, 1.807) is 0 Å². The third kappa shape index (κ3) is 2.90. The van der Waals surface area contributed by atoms with Gasteiger partial charge >= 0.3 is 0 Å². The van der Waals surface area contributed by atoms with Gasteiger partial charge in [0.15, 0.2) is 11.6 Å². The molecule has 1 N–H and O–H groups in total. The molecule has 98 valence electrons. The van der Waals surface area contributed by atoms with E-state index in [0.717, 1.165) is 30.3 Å². The van der Waals surface area contributed by atoms with Crippen LogP contribution in [0.1, 0.15) is 10.4 Å². The molecule has 2 aromatic rings. The molecule has 0 saturated heterocycles. The van der Waals surface area contributed by atoms with Gasteiger partial charge in [0.2, 0.25) is 0 Å². The molecule has 0 spiro atoms. The van der Waals surface area contributed by atoms with Crippen LogP contribution in [0, 0.1) is 23.3 Å². The minimum atomic E-state index is -1.20. The SMILES string of the molecule is O=C(Nc1cc(F)ccc1F)c1ccc(F)c(F)c1. The van der Waals surface area contributed by atoms with Crippen molar-refractivity contribution in [3.05, 3.63) is 65.2 Å². The zero-order chi connectivity index (χ0) is 14.0. The van der Waals surface area contributed by atoms with E-state index in [9.17, 15) is 22.4 Å². The average molecular weight is 269 g/mol. The number of carbonyl (C=O) groups is 1. The zero-order valence-electron chi connectivity index (χ0n) is 9.38. The minimum absolute atomic E-state index is 0.206. The van der Waals surface area contributed by atoms with Crippen LogP contribution in [-0.2, 0) is 0 Å². The lowest BCUT2D eigenvalue weighted by atomic mass is 10.2. The van der Waals surface area contributed by atoms with E-state index >= 15 is 0 Å². The van der Waals surface area contributed by atoms with Crippen LogP contribution in [-0.4, -0.2) is 5.91 Å². The monoisotopic (exact) mass is 269 g/mol. The molecule has 0 radical (unpaired) electrons. The Hall–Kier alpha value is -2.37. The van der Waals surface area contributed by atoms with Gasteiger partial charge in [0.1, 0.15) is 11.6 Å². The fraction of sp³-hybridized carbons (Fsp3) is 0. The topological polar surface area (TPSA) is 29.1 Å². The first kappa shape index (κ1) is 13.1. The van der Waals surface area contributed by atoms with Crippen LogP contribution >= 0.6 is 0 Å². The van der Waals surface area contributed by atoms with E-state index in [0.29, 0.717) is 6.07 Å². The summed E-state index contributed by atoms with van der Waals surface area (Å²) in [4.78, 5) is 11.7. The highest BCUT2D eigenvalue weighted by molar-refractivity contribution is 6.04. The van der Waals surface area contributed by atoms with Gasteiger partial charge in [0, 0.05) is 11.6 Å². The fourth-order valence-corrected chi connectivity index (χ4v) is 1.43. The predicted octanol–water partition coefficient (Wildman–Crippen LogP) is 3.50. The third-order valence-corrected chi connectivity index (χ3v) is 2.36. The molecule has 0 aliphatic rings. The highest BCUT2D eigenvalue weighted by atomic mass is 19.2. The molecule has 0 saturated carbocycles. The Morgan fingerprint density at radius 3 is 2.21 bits per heavy atom. The number of benzene rings is 2. The number of carbonyl (C=O) groups excluding carboxylic acids is 1. The summed E-state index contributed by atoms with van der Waals surface area (Å²) in [6, 6.07) is 4.99. The molecule has 2 rings (SSSR count). The number of hydrogen-bond donors (Lipinski definition) is 1. The van der Waals surface area contributed by atoms with Crippen molar-refractivity contribution >= 4 is 11.6 Å². The second-order valence-corrected chi connectivity index (χ2v) is 3.71.